The summed E-state index contributed by atoms with van der Waals surface area (Å²) in [5.41, 5.74) is 0.959. The van der Waals surface area contributed by atoms with Crippen molar-refractivity contribution < 1.29 is 9.72 Å². The zero-order chi connectivity index (χ0) is 18.5. The van der Waals surface area contributed by atoms with Gasteiger partial charge in [0.15, 0.2) is 5.69 Å². The Bertz CT molecular complexity index is 784. The third-order valence-corrected chi connectivity index (χ3v) is 4.62. The molecule has 9 heteroatoms. The van der Waals surface area contributed by atoms with E-state index in [4.69, 9.17) is 0 Å². The van der Waals surface area contributed by atoms with Crippen molar-refractivity contribution in [2.24, 2.45) is 0 Å². The van der Waals surface area contributed by atoms with E-state index in [9.17, 15) is 14.9 Å². The van der Waals surface area contributed by atoms with Crippen LogP contribution in [0.5, 0.6) is 0 Å². The minimum atomic E-state index is -0.442. The highest BCUT2D eigenvalue weighted by Crippen LogP contribution is 2.22. The highest BCUT2D eigenvalue weighted by atomic mass is 16.6. The minimum absolute atomic E-state index is 0.00653. The molecule has 1 aliphatic rings. The smallest absolute Gasteiger partial charge is 0.273 e. The molecule has 9 nitrogen and oxygen atoms in total. The Morgan fingerprint density at radius 3 is 2.92 bits per heavy atom. The van der Waals surface area contributed by atoms with Crippen molar-refractivity contribution in [1.29, 1.82) is 0 Å². The first-order chi connectivity index (χ1) is 12.6. The number of piperidine rings is 1. The minimum Gasteiger partial charge on any atom is -0.344 e. The fourth-order valence-electron chi connectivity index (χ4n) is 3.14. The summed E-state index contributed by atoms with van der Waals surface area (Å²) in [6, 6.07) is 6.24. The number of rotatable bonds is 6. The Morgan fingerprint density at radius 2 is 2.23 bits per heavy atom. The van der Waals surface area contributed by atoms with Gasteiger partial charge in [-0.2, -0.15) is 0 Å². The van der Waals surface area contributed by atoms with Crippen LogP contribution in [0.15, 0.2) is 30.5 Å². The average Bonchev–Trinajstić information content (AvgIpc) is 3.17. The van der Waals surface area contributed by atoms with Gasteiger partial charge < -0.3 is 10.6 Å². The molecule has 2 aromatic rings. The number of nitrogens with zero attached hydrogens (tertiary/aromatic N) is 4. The third-order valence-electron chi connectivity index (χ3n) is 4.62. The SMILES string of the molecule is CCC(NC(=O)c1cn(C2CCNCC2)nn1)c1cccc([N+](=O)[O-])c1. The van der Waals surface area contributed by atoms with E-state index in [1.54, 1.807) is 23.0 Å². The second-order valence-electron chi connectivity index (χ2n) is 6.35. The molecule has 1 aromatic heterocycles. The summed E-state index contributed by atoms with van der Waals surface area (Å²) in [4.78, 5) is 23.0. The van der Waals surface area contributed by atoms with E-state index < -0.39 is 4.92 Å². The maximum atomic E-state index is 12.5. The van der Waals surface area contributed by atoms with E-state index >= 15 is 0 Å². The summed E-state index contributed by atoms with van der Waals surface area (Å²) >= 11 is 0. The van der Waals surface area contributed by atoms with Crippen LogP contribution in [0.25, 0.3) is 0 Å². The van der Waals surface area contributed by atoms with Crippen LogP contribution in [0.4, 0.5) is 5.69 Å². The Balaban J connectivity index is 1.70. The van der Waals surface area contributed by atoms with E-state index in [0.717, 1.165) is 25.9 Å². The van der Waals surface area contributed by atoms with Gasteiger partial charge in [-0.25, -0.2) is 4.68 Å². The number of carbonyl (C=O) groups is 1. The molecule has 0 aliphatic carbocycles. The molecule has 2 heterocycles. The van der Waals surface area contributed by atoms with E-state index in [1.165, 1.54) is 12.1 Å². The number of amides is 1. The summed E-state index contributed by atoms with van der Waals surface area (Å²) in [6.07, 6.45) is 4.19. The molecule has 1 saturated heterocycles. The predicted octanol–water partition coefficient (Wildman–Crippen LogP) is 1.99. The number of carbonyl (C=O) groups excluding carboxylic acids is 1. The van der Waals surface area contributed by atoms with Crippen molar-refractivity contribution in [2.45, 2.75) is 38.3 Å². The summed E-state index contributed by atoms with van der Waals surface area (Å²) in [5, 5.41) is 25.2. The van der Waals surface area contributed by atoms with Gasteiger partial charge in [0.2, 0.25) is 0 Å². The molecule has 2 N–H and O–H groups in total. The fraction of sp³-hybridized carbons (Fsp3) is 0.471. The van der Waals surface area contributed by atoms with Crippen LogP contribution < -0.4 is 10.6 Å². The molecule has 1 amide bonds. The number of aromatic nitrogens is 3. The largest absolute Gasteiger partial charge is 0.344 e. The van der Waals surface area contributed by atoms with E-state index in [-0.39, 0.29) is 29.4 Å². The maximum Gasteiger partial charge on any atom is 0.273 e. The van der Waals surface area contributed by atoms with Gasteiger partial charge in [-0.3, -0.25) is 14.9 Å². The van der Waals surface area contributed by atoms with Crippen LogP contribution in [0.2, 0.25) is 0 Å². The first-order valence-electron chi connectivity index (χ1n) is 8.76. The number of nitro groups is 1. The van der Waals surface area contributed by atoms with Gasteiger partial charge in [-0.15, -0.1) is 5.10 Å². The molecule has 1 aromatic carbocycles. The Labute approximate surface area is 150 Å². The summed E-state index contributed by atoms with van der Waals surface area (Å²) in [7, 11) is 0. The first kappa shape index (κ1) is 18.0. The summed E-state index contributed by atoms with van der Waals surface area (Å²) in [6.45, 7) is 3.77. The molecule has 0 spiro atoms. The van der Waals surface area contributed by atoms with E-state index in [2.05, 4.69) is 20.9 Å². The predicted molar refractivity (Wildman–Crippen MR) is 94.8 cm³/mol. The van der Waals surface area contributed by atoms with Gasteiger partial charge in [0.05, 0.1) is 23.2 Å². The highest BCUT2D eigenvalue weighted by molar-refractivity contribution is 5.92. The Morgan fingerprint density at radius 1 is 1.46 bits per heavy atom. The van der Waals surface area contributed by atoms with Crippen LogP contribution in [0.3, 0.4) is 0 Å². The number of hydrogen-bond acceptors (Lipinski definition) is 6. The third kappa shape index (κ3) is 4.05. The lowest BCUT2D eigenvalue weighted by Crippen LogP contribution is -2.30. The fourth-order valence-corrected chi connectivity index (χ4v) is 3.14. The van der Waals surface area contributed by atoms with Crippen LogP contribution >= 0.6 is 0 Å². The van der Waals surface area contributed by atoms with Gasteiger partial charge in [0.25, 0.3) is 11.6 Å². The van der Waals surface area contributed by atoms with Gasteiger partial charge in [0, 0.05) is 12.1 Å². The molecule has 1 unspecified atom stereocenters. The van der Waals surface area contributed by atoms with Gasteiger partial charge >= 0.3 is 0 Å². The van der Waals surface area contributed by atoms with Gasteiger partial charge in [-0.05, 0) is 37.9 Å². The van der Waals surface area contributed by atoms with E-state index in [1.807, 2.05) is 6.92 Å². The van der Waals surface area contributed by atoms with E-state index in [0.29, 0.717) is 12.0 Å². The molecule has 1 fully saturated rings. The molecule has 0 saturated carbocycles. The lowest BCUT2D eigenvalue weighted by molar-refractivity contribution is -0.384. The lowest BCUT2D eigenvalue weighted by atomic mass is 10.0. The number of nitro benzene ring substituents is 1. The molecular weight excluding hydrogens is 336 g/mol. The van der Waals surface area contributed by atoms with Crippen LogP contribution in [-0.4, -0.2) is 38.9 Å². The molecule has 3 rings (SSSR count). The van der Waals surface area contributed by atoms with Gasteiger partial charge in [0.1, 0.15) is 0 Å². The molecule has 138 valence electrons. The normalized spacial score (nSPS) is 16.2. The molecule has 0 radical (unpaired) electrons. The number of hydrogen-bond donors (Lipinski definition) is 2. The number of benzene rings is 1. The quantitative estimate of drug-likeness (QED) is 0.603. The van der Waals surface area contributed by atoms with Crippen molar-refractivity contribution >= 4 is 11.6 Å². The first-order valence-corrected chi connectivity index (χ1v) is 8.76. The molecule has 1 atom stereocenters. The number of nitrogens with one attached hydrogen (secondary N) is 2. The molecule has 26 heavy (non-hydrogen) atoms. The van der Waals surface area contributed by atoms with Crippen molar-refractivity contribution in [2.75, 3.05) is 13.1 Å². The lowest BCUT2D eigenvalue weighted by Gasteiger charge is -2.22. The highest BCUT2D eigenvalue weighted by Gasteiger charge is 2.21. The maximum absolute atomic E-state index is 12.5. The van der Waals surface area contributed by atoms with Crippen LogP contribution in [0, 0.1) is 10.1 Å². The van der Waals surface area contributed by atoms with Crippen molar-refractivity contribution in [3.05, 3.63) is 51.8 Å². The molecular formula is C17H22N6O3. The standard InChI is InChI=1S/C17H22N6O3/c1-2-15(12-4-3-5-14(10-12)23(25)26)19-17(24)16-11-22(21-20-16)13-6-8-18-9-7-13/h3-5,10-11,13,15,18H,2,6-9H2,1H3,(H,19,24). The summed E-state index contributed by atoms with van der Waals surface area (Å²) < 4.78 is 1.75. The van der Waals surface area contributed by atoms with Crippen molar-refractivity contribution in [1.82, 2.24) is 25.6 Å². The second kappa shape index (κ2) is 8.05. The second-order valence-corrected chi connectivity index (χ2v) is 6.35. The molecule has 1 aliphatic heterocycles. The zero-order valence-corrected chi connectivity index (χ0v) is 14.6. The van der Waals surface area contributed by atoms with Gasteiger partial charge in [-0.1, -0.05) is 24.3 Å². The van der Waals surface area contributed by atoms with Crippen molar-refractivity contribution in [3.8, 4) is 0 Å². The topological polar surface area (TPSA) is 115 Å². The van der Waals surface area contributed by atoms with Crippen LogP contribution in [-0.2, 0) is 0 Å². The van der Waals surface area contributed by atoms with Crippen molar-refractivity contribution in [3.63, 3.8) is 0 Å². The summed E-state index contributed by atoms with van der Waals surface area (Å²) in [5.74, 6) is -0.330. The zero-order valence-electron chi connectivity index (χ0n) is 14.6. The molecule has 0 bridgehead atoms. The average molecular weight is 358 g/mol. The van der Waals surface area contributed by atoms with Crippen LogP contribution in [0.1, 0.15) is 54.3 Å². The Hall–Kier alpha value is -2.81. The monoisotopic (exact) mass is 358 g/mol. The Kier molecular flexibility index (Phi) is 5.57. The number of non-ortho nitro benzene ring substituents is 1.